The Balaban J connectivity index is 1.42. The van der Waals surface area contributed by atoms with Crippen molar-refractivity contribution in [2.45, 2.75) is 51.6 Å². The molecular weight excluding hydrogens is 408 g/mol. The van der Waals surface area contributed by atoms with Gasteiger partial charge in [0.25, 0.3) is 0 Å². The van der Waals surface area contributed by atoms with Crippen LogP contribution in [0.5, 0.6) is 5.88 Å². The molecule has 0 saturated heterocycles. The molecule has 0 bridgehead atoms. The molecule has 1 aliphatic rings. The van der Waals surface area contributed by atoms with Gasteiger partial charge in [-0.05, 0) is 38.8 Å². The summed E-state index contributed by atoms with van der Waals surface area (Å²) in [7, 11) is 1.61. The molecule has 1 aliphatic carbocycles. The lowest BCUT2D eigenvalue weighted by molar-refractivity contribution is -0.123. The van der Waals surface area contributed by atoms with Crippen LogP contribution in [-0.2, 0) is 4.79 Å². The molecule has 0 atom stereocenters. The van der Waals surface area contributed by atoms with Crippen LogP contribution in [0, 0.1) is 6.92 Å². The quantitative estimate of drug-likeness (QED) is 0.426. The highest BCUT2D eigenvalue weighted by Gasteiger charge is 2.41. The van der Waals surface area contributed by atoms with Crippen LogP contribution in [0.1, 0.15) is 38.9 Å². The number of aryl methyl sites for hydroxylation is 1. The van der Waals surface area contributed by atoms with Gasteiger partial charge in [-0.25, -0.2) is 0 Å². The van der Waals surface area contributed by atoms with E-state index in [-0.39, 0.29) is 17.5 Å². The standard InChI is InChI=1S/C22H26N8O2/c1-5-17(31)27-22(3)8-14(9-22)24-21-25-19-18(20(26-21)32-4)15(10-23-19)13-6-7-16-29-28-12(2)30(16)11-13/h6-7,10-11,14H,5,8-9H2,1-4H3,(H,27,31)(H2,23,24,25,26)/t14-,22-. The predicted molar refractivity (Wildman–Crippen MR) is 121 cm³/mol. The smallest absolute Gasteiger partial charge is 0.228 e. The molecule has 166 valence electrons. The van der Waals surface area contributed by atoms with E-state index < -0.39 is 0 Å². The van der Waals surface area contributed by atoms with E-state index >= 15 is 0 Å². The maximum atomic E-state index is 11.7. The number of nitrogens with one attached hydrogen (secondary N) is 3. The van der Waals surface area contributed by atoms with Gasteiger partial charge in [-0.3, -0.25) is 9.20 Å². The Labute approximate surface area is 184 Å². The number of aromatic nitrogens is 6. The molecule has 32 heavy (non-hydrogen) atoms. The molecule has 4 heterocycles. The van der Waals surface area contributed by atoms with Crippen LogP contribution in [-0.4, -0.2) is 54.1 Å². The number of hydrogen-bond acceptors (Lipinski definition) is 7. The SMILES string of the molecule is CCC(=O)N[C@]1(C)C[C@@H](Nc2nc(OC)c3c(-c4ccc5nnc(C)n5c4)c[nH]c3n2)C1. The van der Waals surface area contributed by atoms with Crippen LogP contribution in [0.15, 0.2) is 24.5 Å². The number of H-pyrrole nitrogens is 1. The molecule has 4 aromatic heterocycles. The number of amides is 1. The lowest BCUT2D eigenvalue weighted by Crippen LogP contribution is -2.59. The van der Waals surface area contributed by atoms with Crippen molar-refractivity contribution in [3.63, 3.8) is 0 Å². The van der Waals surface area contributed by atoms with Crippen molar-refractivity contribution in [1.82, 2.24) is 34.9 Å². The van der Waals surface area contributed by atoms with Crippen LogP contribution in [0.3, 0.4) is 0 Å². The number of carbonyl (C=O) groups excluding carboxylic acids is 1. The second kappa shape index (κ2) is 7.47. The number of carbonyl (C=O) groups is 1. The first-order valence-corrected chi connectivity index (χ1v) is 10.7. The molecule has 1 saturated carbocycles. The van der Waals surface area contributed by atoms with Gasteiger partial charge in [0.2, 0.25) is 17.7 Å². The van der Waals surface area contributed by atoms with E-state index in [9.17, 15) is 4.79 Å². The summed E-state index contributed by atoms with van der Waals surface area (Å²) in [5.41, 5.74) is 3.23. The summed E-state index contributed by atoms with van der Waals surface area (Å²) in [5, 5.41) is 15.5. The van der Waals surface area contributed by atoms with Crippen molar-refractivity contribution in [2.24, 2.45) is 0 Å². The Morgan fingerprint density at radius 3 is 2.88 bits per heavy atom. The van der Waals surface area contributed by atoms with Crippen LogP contribution in [0.4, 0.5) is 5.95 Å². The zero-order valence-corrected chi connectivity index (χ0v) is 18.6. The highest BCUT2D eigenvalue weighted by Crippen LogP contribution is 2.37. The minimum absolute atomic E-state index is 0.0732. The van der Waals surface area contributed by atoms with Gasteiger partial charge in [0.1, 0.15) is 11.5 Å². The van der Waals surface area contributed by atoms with E-state index in [0.29, 0.717) is 23.9 Å². The topological polar surface area (TPSA) is 122 Å². The fourth-order valence-corrected chi connectivity index (χ4v) is 4.44. The van der Waals surface area contributed by atoms with Gasteiger partial charge in [-0.2, -0.15) is 9.97 Å². The number of anilines is 1. The third-order valence-corrected chi connectivity index (χ3v) is 6.06. The van der Waals surface area contributed by atoms with Gasteiger partial charge in [-0.1, -0.05) is 6.92 Å². The van der Waals surface area contributed by atoms with Crippen molar-refractivity contribution in [2.75, 3.05) is 12.4 Å². The van der Waals surface area contributed by atoms with Crippen LogP contribution in [0.25, 0.3) is 27.8 Å². The number of hydrogen-bond donors (Lipinski definition) is 3. The molecule has 0 aromatic carbocycles. The zero-order valence-electron chi connectivity index (χ0n) is 18.6. The van der Waals surface area contributed by atoms with Crippen molar-refractivity contribution in [3.05, 3.63) is 30.4 Å². The Morgan fingerprint density at radius 1 is 1.31 bits per heavy atom. The van der Waals surface area contributed by atoms with Crippen LogP contribution < -0.4 is 15.4 Å². The lowest BCUT2D eigenvalue weighted by atomic mass is 9.74. The first-order valence-electron chi connectivity index (χ1n) is 10.7. The van der Waals surface area contributed by atoms with E-state index in [2.05, 4.69) is 42.7 Å². The van der Waals surface area contributed by atoms with Crippen molar-refractivity contribution in [3.8, 4) is 17.0 Å². The number of nitrogens with zero attached hydrogens (tertiary/aromatic N) is 5. The van der Waals surface area contributed by atoms with Crippen molar-refractivity contribution >= 4 is 28.5 Å². The molecule has 1 amide bonds. The Morgan fingerprint density at radius 2 is 2.12 bits per heavy atom. The molecule has 3 N–H and O–H groups in total. The first-order chi connectivity index (χ1) is 15.4. The van der Waals surface area contributed by atoms with E-state index in [0.717, 1.165) is 40.8 Å². The Hall–Kier alpha value is -3.69. The highest BCUT2D eigenvalue weighted by atomic mass is 16.5. The third kappa shape index (κ3) is 3.41. The van der Waals surface area contributed by atoms with Gasteiger partial charge < -0.3 is 20.4 Å². The molecule has 0 spiro atoms. The minimum atomic E-state index is -0.183. The molecule has 1 fully saturated rings. The number of pyridine rings is 1. The summed E-state index contributed by atoms with van der Waals surface area (Å²) >= 11 is 0. The number of rotatable bonds is 6. The fraction of sp³-hybridized carbons (Fsp3) is 0.409. The average Bonchev–Trinajstić information content (AvgIpc) is 3.35. The maximum absolute atomic E-state index is 11.7. The molecule has 5 rings (SSSR count). The highest BCUT2D eigenvalue weighted by molar-refractivity contribution is 5.97. The predicted octanol–water partition coefficient (Wildman–Crippen LogP) is 2.84. The molecule has 4 aromatic rings. The van der Waals surface area contributed by atoms with Crippen LogP contribution in [0.2, 0.25) is 0 Å². The van der Waals surface area contributed by atoms with Gasteiger partial charge >= 0.3 is 0 Å². The maximum Gasteiger partial charge on any atom is 0.228 e. The summed E-state index contributed by atoms with van der Waals surface area (Å²) in [4.78, 5) is 24.3. The van der Waals surface area contributed by atoms with Gasteiger partial charge in [0.15, 0.2) is 5.65 Å². The zero-order chi connectivity index (χ0) is 22.5. The molecule has 0 unspecified atom stereocenters. The summed E-state index contributed by atoms with van der Waals surface area (Å²) in [5.74, 6) is 1.89. The van der Waals surface area contributed by atoms with Gasteiger partial charge in [0.05, 0.1) is 12.5 Å². The normalized spacial score (nSPS) is 20.3. The molecule has 0 aliphatic heterocycles. The summed E-state index contributed by atoms with van der Waals surface area (Å²) in [6.45, 7) is 5.84. The summed E-state index contributed by atoms with van der Waals surface area (Å²) in [6, 6.07) is 4.12. The number of fused-ring (bicyclic) bond motifs is 2. The summed E-state index contributed by atoms with van der Waals surface area (Å²) in [6.07, 6.45) is 6.03. The number of aromatic amines is 1. The first kappa shape index (κ1) is 20.2. The molecule has 10 nitrogen and oxygen atoms in total. The van der Waals surface area contributed by atoms with E-state index in [1.54, 1.807) is 7.11 Å². The van der Waals surface area contributed by atoms with Gasteiger partial charge in [-0.15, -0.1) is 10.2 Å². The molecular formula is C22H26N8O2. The minimum Gasteiger partial charge on any atom is -0.480 e. The second-order valence-corrected chi connectivity index (χ2v) is 8.59. The van der Waals surface area contributed by atoms with Gasteiger partial charge in [0, 0.05) is 41.5 Å². The average molecular weight is 435 g/mol. The second-order valence-electron chi connectivity index (χ2n) is 8.59. The fourth-order valence-electron chi connectivity index (χ4n) is 4.44. The number of ether oxygens (including phenoxy) is 1. The Kier molecular flexibility index (Phi) is 4.72. The third-order valence-electron chi connectivity index (χ3n) is 6.06. The van der Waals surface area contributed by atoms with Crippen LogP contribution >= 0.6 is 0 Å². The molecule has 10 heteroatoms. The number of methoxy groups -OCH3 is 1. The Bertz CT molecular complexity index is 1320. The van der Waals surface area contributed by atoms with Crippen molar-refractivity contribution < 1.29 is 9.53 Å². The van der Waals surface area contributed by atoms with Crippen molar-refractivity contribution in [1.29, 1.82) is 0 Å². The molecule has 0 radical (unpaired) electrons. The van der Waals surface area contributed by atoms with E-state index in [4.69, 9.17) is 4.74 Å². The van der Waals surface area contributed by atoms with E-state index in [1.807, 2.05) is 42.8 Å². The largest absolute Gasteiger partial charge is 0.480 e. The van der Waals surface area contributed by atoms with E-state index in [1.165, 1.54) is 0 Å². The lowest BCUT2D eigenvalue weighted by Gasteiger charge is -2.45. The monoisotopic (exact) mass is 434 g/mol. The summed E-state index contributed by atoms with van der Waals surface area (Å²) < 4.78 is 7.57.